The summed E-state index contributed by atoms with van der Waals surface area (Å²) in [6.07, 6.45) is 1.79. The van der Waals surface area contributed by atoms with Gasteiger partial charge in [0.2, 0.25) is 0 Å². The zero-order valence-electron chi connectivity index (χ0n) is 17.1. The average molecular weight is 421 g/mol. The van der Waals surface area contributed by atoms with Crippen molar-refractivity contribution in [3.8, 4) is 5.75 Å². The smallest absolute Gasteiger partial charge is 0.251 e. The number of hydrogen-bond donors (Lipinski definition) is 1. The number of ether oxygens (including phenoxy) is 2. The fourth-order valence-electron chi connectivity index (χ4n) is 3.26. The number of anilines is 1. The van der Waals surface area contributed by atoms with Crippen LogP contribution in [0.2, 0.25) is 0 Å². The number of amides is 1. The highest BCUT2D eigenvalue weighted by Gasteiger charge is 2.12. The lowest BCUT2D eigenvalue weighted by Gasteiger charge is -2.27. The Bertz CT molecular complexity index is 1000. The highest BCUT2D eigenvalue weighted by Crippen LogP contribution is 2.16. The number of nitrogens with one attached hydrogen (secondary N) is 1. The molecule has 6 nitrogen and oxygen atoms in total. The van der Waals surface area contributed by atoms with Crippen LogP contribution in [0.4, 0.5) is 10.2 Å². The van der Waals surface area contributed by atoms with Gasteiger partial charge in [0.1, 0.15) is 24.0 Å². The Morgan fingerprint density at radius 1 is 1.06 bits per heavy atom. The first-order valence-corrected chi connectivity index (χ1v) is 10.2. The van der Waals surface area contributed by atoms with Crippen LogP contribution in [0, 0.1) is 5.82 Å². The molecule has 1 fully saturated rings. The first kappa shape index (κ1) is 20.8. The predicted octanol–water partition coefficient (Wildman–Crippen LogP) is 3.57. The molecule has 1 N–H and O–H groups in total. The SMILES string of the molecule is O=C(NCc1ccc(N2CCOCC2)nc1)c1cccc(OCc2ccc(F)cc2)c1. The fourth-order valence-corrected chi connectivity index (χ4v) is 3.26. The van der Waals surface area contributed by atoms with Crippen molar-refractivity contribution in [3.63, 3.8) is 0 Å². The summed E-state index contributed by atoms with van der Waals surface area (Å²) in [7, 11) is 0. The molecule has 0 saturated carbocycles. The summed E-state index contributed by atoms with van der Waals surface area (Å²) in [5, 5.41) is 2.91. The summed E-state index contributed by atoms with van der Waals surface area (Å²) in [6, 6.07) is 17.1. The van der Waals surface area contributed by atoms with E-state index in [-0.39, 0.29) is 11.7 Å². The fraction of sp³-hybridized carbons (Fsp3) is 0.250. The Morgan fingerprint density at radius 2 is 1.84 bits per heavy atom. The Hall–Kier alpha value is -3.45. The largest absolute Gasteiger partial charge is 0.489 e. The molecule has 2 heterocycles. The number of carbonyl (C=O) groups is 1. The molecule has 31 heavy (non-hydrogen) atoms. The van der Waals surface area contributed by atoms with E-state index in [2.05, 4.69) is 15.2 Å². The molecular formula is C24H24FN3O3. The van der Waals surface area contributed by atoms with E-state index in [9.17, 15) is 9.18 Å². The van der Waals surface area contributed by atoms with Gasteiger partial charge in [0.15, 0.2) is 0 Å². The molecule has 1 aromatic heterocycles. The number of benzene rings is 2. The van der Waals surface area contributed by atoms with Gasteiger partial charge >= 0.3 is 0 Å². The lowest BCUT2D eigenvalue weighted by atomic mass is 10.2. The molecule has 1 aliphatic heterocycles. The summed E-state index contributed by atoms with van der Waals surface area (Å²) < 4.78 is 24.1. The number of rotatable bonds is 7. The summed E-state index contributed by atoms with van der Waals surface area (Å²) >= 11 is 0. The van der Waals surface area contributed by atoms with Crippen LogP contribution in [0.15, 0.2) is 66.9 Å². The van der Waals surface area contributed by atoms with Gasteiger partial charge in [-0.1, -0.05) is 24.3 Å². The third-order valence-corrected chi connectivity index (χ3v) is 5.01. The van der Waals surface area contributed by atoms with Crippen LogP contribution < -0.4 is 15.0 Å². The van der Waals surface area contributed by atoms with Crippen molar-refractivity contribution < 1.29 is 18.7 Å². The highest BCUT2D eigenvalue weighted by molar-refractivity contribution is 5.94. The van der Waals surface area contributed by atoms with Crippen molar-refractivity contribution in [2.24, 2.45) is 0 Å². The van der Waals surface area contributed by atoms with Gasteiger partial charge in [-0.05, 0) is 47.5 Å². The molecule has 0 aliphatic carbocycles. The molecular weight excluding hydrogens is 397 g/mol. The third kappa shape index (κ3) is 5.79. The van der Waals surface area contributed by atoms with Gasteiger partial charge in [0.05, 0.1) is 13.2 Å². The lowest BCUT2D eigenvalue weighted by Crippen LogP contribution is -2.36. The van der Waals surface area contributed by atoms with Crippen molar-refractivity contribution in [3.05, 3.63) is 89.4 Å². The monoisotopic (exact) mass is 421 g/mol. The second-order valence-corrected chi connectivity index (χ2v) is 7.25. The van der Waals surface area contributed by atoms with Crippen molar-refractivity contribution in [2.45, 2.75) is 13.2 Å². The number of carbonyl (C=O) groups excluding carboxylic acids is 1. The number of morpholine rings is 1. The third-order valence-electron chi connectivity index (χ3n) is 5.01. The topological polar surface area (TPSA) is 63.7 Å². The summed E-state index contributed by atoms with van der Waals surface area (Å²) in [4.78, 5) is 19.2. The van der Waals surface area contributed by atoms with E-state index >= 15 is 0 Å². The van der Waals surface area contributed by atoms with Gasteiger partial charge < -0.3 is 19.7 Å². The zero-order valence-corrected chi connectivity index (χ0v) is 17.1. The minimum absolute atomic E-state index is 0.190. The Morgan fingerprint density at radius 3 is 2.58 bits per heavy atom. The summed E-state index contributed by atoms with van der Waals surface area (Å²) in [5.41, 5.74) is 2.29. The van der Waals surface area contributed by atoms with Crippen molar-refractivity contribution in [1.82, 2.24) is 10.3 Å². The highest BCUT2D eigenvalue weighted by atomic mass is 19.1. The predicted molar refractivity (Wildman–Crippen MR) is 116 cm³/mol. The van der Waals surface area contributed by atoms with E-state index < -0.39 is 0 Å². The molecule has 4 rings (SSSR count). The van der Waals surface area contributed by atoms with Gasteiger partial charge in [-0.25, -0.2) is 9.37 Å². The van der Waals surface area contributed by atoms with Crippen molar-refractivity contribution in [1.29, 1.82) is 0 Å². The standard InChI is InChI=1S/C24H24FN3O3/c25-21-7-4-18(5-8-21)17-31-22-3-1-2-20(14-22)24(29)27-16-19-6-9-23(26-15-19)28-10-12-30-13-11-28/h1-9,14-15H,10-13,16-17H2,(H,27,29). The lowest BCUT2D eigenvalue weighted by molar-refractivity contribution is 0.0950. The van der Waals surface area contributed by atoms with Crippen LogP contribution in [0.5, 0.6) is 5.75 Å². The van der Waals surface area contributed by atoms with Crippen LogP contribution in [-0.4, -0.2) is 37.2 Å². The number of pyridine rings is 1. The van der Waals surface area contributed by atoms with Crippen molar-refractivity contribution in [2.75, 3.05) is 31.2 Å². The number of hydrogen-bond acceptors (Lipinski definition) is 5. The molecule has 7 heteroatoms. The van der Waals surface area contributed by atoms with E-state index in [1.54, 1.807) is 42.6 Å². The quantitative estimate of drug-likeness (QED) is 0.632. The second-order valence-electron chi connectivity index (χ2n) is 7.25. The van der Waals surface area contributed by atoms with Crippen LogP contribution in [-0.2, 0) is 17.9 Å². The van der Waals surface area contributed by atoms with Crippen molar-refractivity contribution >= 4 is 11.7 Å². The zero-order chi connectivity index (χ0) is 21.5. The minimum Gasteiger partial charge on any atom is -0.489 e. The summed E-state index contributed by atoms with van der Waals surface area (Å²) in [5.74, 6) is 1.02. The first-order valence-electron chi connectivity index (χ1n) is 10.2. The average Bonchev–Trinajstić information content (AvgIpc) is 2.83. The maximum atomic E-state index is 13.0. The second kappa shape index (κ2) is 10.0. The molecule has 1 amide bonds. The molecule has 0 atom stereocenters. The summed E-state index contributed by atoms with van der Waals surface area (Å²) in [6.45, 7) is 3.78. The maximum Gasteiger partial charge on any atom is 0.251 e. The molecule has 3 aromatic rings. The molecule has 2 aromatic carbocycles. The molecule has 160 valence electrons. The molecule has 0 unspecified atom stereocenters. The number of halogens is 1. The van der Waals surface area contributed by atoms with E-state index in [4.69, 9.17) is 9.47 Å². The number of nitrogens with zero attached hydrogens (tertiary/aromatic N) is 2. The Balaban J connectivity index is 1.30. The normalized spacial score (nSPS) is 13.6. The van der Waals surface area contributed by atoms with E-state index in [1.165, 1.54) is 12.1 Å². The molecule has 0 radical (unpaired) electrons. The van der Waals surface area contributed by atoms with Crippen LogP contribution >= 0.6 is 0 Å². The molecule has 1 saturated heterocycles. The van der Waals surface area contributed by atoms with Gasteiger partial charge in [0, 0.05) is 31.4 Å². The van der Waals surface area contributed by atoms with Gasteiger partial charge in [0.25, 0.3) is 5.91 Å². The van der Waals surface area contributed by atoms with Gasteiger partial charge in [-0.15, -0.1) is 0 Å². The minimum atomic E-state index is -0.284. The van der Waals surface area contributed by atoms with Gasteiger partial charge in [-0.3, -0.25) is 4.79 Å². The Labute approximate surface area is 180 Å². The Kier molecular flexibility index (Phi) is 6.74. The van der Waals surface area contributed by atoms with E-state index in [0.29, 0.717) is 37.7 Å². The molecule has 0 spiro atoms. The number of aromatic nitrogens is 1. The van der Waals surface area contributed by atoms with Crippen LogP contribution in [0.1, 0.15) is 21.5 Å². The van der Waals surface area contributed by atoms with E-state index in [1.807, 2.05) is 12.1 Å². The molecule has 0 bridgehead atoms. The molecule has 1 aliphatic rings. The van der Waals surface area contributed by atoms with Gasteiger partial charge in [-0.2, -0.15) is 0 Å². The van der Waals surface area contributed by atoms with Crippen LogP contribution in [0.25, 0.3) is 0 Å². The maximum absolute atomic E-state index is 13.0. The van der Waals surface area contributed by atoms with Crippen LogP contribution in [0.3, 0.4) is 0 Å². The van der Waals surface area contributed by atoms with E-state index in [0.717, 1.165) is 30.0 Å². The first-order chi connectivity index (χ1) is 15.2.